The van der Waals surface area contributed by atoms with Gasteiger partial charge in [0.25, 0.3) is 5.91 Å². The Morgan fingerprint density at radius 1 is 1.11 bits per heavy atom. The van der Waals surface area contributed by atoms with Crippen molar-refractivity contribution in [2.24, 2.45) is 11.1 Å². The van der Waals surface area contributed by atoms with Gasteiger partial charge in [0.1, 0.15) is 18.0 Å². The van der Waals surface area contributed by atoms with Crippen LogP contribution < -0.4 is 10.5 Å². The first-order valence-electron chi connectivity index (χ1n) is 11.0. The molecule has 1 aliphatic heterocycles. The number of primary sulfonamides is 1. The summed E-state index contributed by atoms with van der Waals surface area (Å²) >= 11 is 0. The molecule has 1 aliphatic carbocycles. The van der Waals surface area contributed by atoms with Gasteiger partial charge in [0.2, 0.25) is 15.9 Å². The Labute approximate surface area is 203 Å². The molecule has 0 bridgehead atoms. The van der Waals surface area contributed by atoms with Gasteiger partial charge in [-0.2, -0.15) is 13.2 Å². The molecular formula is C23H22F5N3O4S. The first kappa shape index (κ1) is 26.0. The summed E-state index contributed by atoms with van der Waals surface area (Å²) in [6.07, 6.45) is -5.43. The molecule has 2 aliphatic rings. The SMILES string of the molecule is NS(=O)(=O)c1cccc(C(=O)N2C[C@@H](F)C[C@@H]2C(=O)NC(c2ccc(C(F)(F)F)cc2F)C2CC2)c1. The first-order chi connectivity index (χ1) is 16.8. The molecule has 0 radical (unpaired) electrons. The lowest BCUT2D eigenvalue weighted by Crippen LogP contribution is -2.47. The van der Waals surface area contributed by atoms with E-state index in [0.717, 1.165) is 23.1 Å². The van der Waals surface area contributed by atoms with E-state index < -0.39 is 64.2 Å². The fraction of sp³-hybridized carbons (Fsp3) is 0.391. The van der Waals surface area contributed by atoms with Gasteiger partial charge in [-0.05, 0) is 49.1 Å². The molecule has 7 nitrogen and oxygen atoms in total. The Morgan fingerprint density at radius 2 is 1.81 bits per heavy atom. The van der Waals surface area contributed by atoms with Gasteiger partial charge < -0.3 is 10.2 Å². The number of hydrogen-bond acceptors (Lipinski definition) is 4. The van der Waals surface area contributed by atoms with Crippen LogP contribution in [0, 0.1) is 11.7 Å². The van der Waals surface area contributed by atoms with Crippen LogP contribution in [0.2, 0.25) is 0 Å². The van der Waals surface area contributed by atoms with Gasteiger partial charge in [-0.1, -0.05) is 12.1 Å². The molecule has 0 spiro atoms. The van der Waals surface area contributed by atoms with Gasteiger partial charge in [0.15, 0.2) is 0 Å². The lowest BCUT2D eigenvalue weighted by molar-refractivity contribution is -0.137. The molecule has 13 heteroatoms. The Hall–Kier alpha value is -3.06. The number of alkyl halides is 4. The minimum atomic E-state index is -4.74. The number of carbonyl (C=O) groups excluding carboxylic acids is 2. The van der Waals surface area contributed by atoms with Gasteiger partial charge in [0, 0.05) is 17.5 Å². The minimum Gasteiger partial charge on any atom is -0.347 e. The molecule has 1 saturated heterocycles. The number of sulfonamides is 1. The van der Waals surface area contributed by atoms with Crippen molar-refractivity contribution in [3.8, 4) is 0 Å². The van der Waals surface area contributed by atoms with Gasteiger partial charge in [-0.15, -0.1) is 0 Å². The summed E-state index contributed by atoms with van der Waals surface area (Å²) < 4.78 is 91.0. The summed E-state index contributed by atoms with van der Waals surface area (Å²) in [5.41, 5.74) is -1.42. The second-order valence-electron chi connectivity index (χ2n) is 8.94. The maximum absolute atomic E-state index is 14.6. The van der Waals surface area contributed by atoms with Crippen molar-refractivity contribution >= 4 is 21.8 Å². The van der Waals surface area contributed by atoms with Crippen molar-refractivity contribution in [3.05, 3.63) is 65.0 Å². The highest BCUT2D eigenvalue weighted by Gasteiger charge is 2.43. The average molecular weight is 532 g/mol. The Morgan fingerprint density at radius 3 is 2.39 bits per heavy atom. The molecule has 1 unspecified atom stereocenters. The molecule has 1 heterocycles. The maximum Gasteiger partial charge on any atom is 0.416 e. The quantitative estimate of drug-likeness (QED) is 0.558. The number of amides is 2. The van der Waals surface area contributed by atoms with Crippen molar-refractivity contribution in [1.29, 1.82) is 0 Å². The molecule has 2 aromatic rings. The van der Waals surface area contributed by atoms with E-state index in [2.05, 4.69) is 5.32 Å². The third-order valence-corrected chi connectivity index (χ3v) is 7.19. The highest BCUT2D eigenvalue weighted by Crippen LogP contribution is 2.43. The fourth-order valence-electron chi connectivity index (χ4n) is 4.31. The van der Waals surface area contributed by atoms with Crippen LogP contribution in [0.3, 0.4) is 0 Å². The highest BCUT2D eigenvalue weighted by atomic mass is 32.2. The molecule has 4 rings (SSSR count). The van der Waals surface area contributed by atoms with E-state index in [1.165, 1.54) is 18.2 Å². The van der Waals surface area contributed by atoms with E-state index in [0.29, 0.717) is 18.9 Å². The molecule has 0 aromatic heterocycles. The summed E-state index contributed by atoms with van der Waals surface area (Å²) in [5.74, 6) is -2.95. The predicted octanol–water partition coefficient (Wildman–Crippen LogP) is 3.31. The van der Waals surface area contributed by atoms with E-state index >= 15 is 0 Å². The van der Waals surface area contributed by atoms with Crippen LogP contribution in [-0.2, 0) is 21.0 Å². The van der Waals surface area contributed by atoms with Crippen LogP contribution in [0.1, 0.15) is 46.8 Å². The third kappa shape index (κ3) is 5.51. The maximum atomic E-state index is 14.6. The Kier molecular flexibility index (Phi) is 6.82. The van der Waals surface area contributed by atoms with Crippen molar-refractivity contribution in [3.63, 3.8) is 0 Å². The Bertz CT molecular complexity index is 1300. The molecule has 2 aromatic carbocycles. The lowest BCUT2D eigenvalue weighted by Gasteiger charge is -2.27. The van der Waals surface area contributed by atoms with Crippen LogP contribution >= 0.6 is 0 Å². The monoisotopic (exact) mass is 531 g/mol. The zero-order valence-corrected chi connectivity index (χ0v) is 19.5. The molecular weight excluding hydrogens is 509 g/mol. The van der Waals surface area contributed by atoms with E-state index in [-0.39, 0.29) is 28.4 Å². The topological polar surface area (TPSA) is 110 Å². The van der Waals surface area contributed by atoms with Crippen LogP contribution in [0.4, 0.5) is 22.0 Å². The zero-order chi connectivity index (χ0) is 26.4. The molecule has 1 saturated carbocycles. The number of nitrogens with zero attached hydrogens (tertiary/aromatic N) is 1. The summed E-state index contributed by atoms with van der Waals surface area (Å²) in [7, 11) is -4.12. The van der Waals surface area contributed by atoms with Crippen molar-refractivity contribution in [2.75, 3.05) is 6.54 Å². The predicted molar refractivity (Wildman–Crippen MR) is 117 cm³/mol. The molecule has 194 valence electrons. The summed E-state index contributed by atoms with van der Waals surface area (Å²) in [6, 6.07) is 4.57. The highest BCUT2D eigenvalue weighted by molar-refractivity contribution is 7.89. The van der Waals surface area contributed by atoms with Crippen molar-refractivity contribution in [2.45, 2.75) is 48.6 Å². The number of likely N-dealkylation sites (tertiary alicyclic amines) is 1. The number of nitrogens with one attached hydrogen (secondary N) is 1. The average Bonchev–Trinajstić information content (AvgIpc) is 3.56. The van der Waals surface area contributed by atoms with Gasteiger partial charge >= 0.3 is 6.18 Å². The van der Waals surface area contributed by atoms with Gasteiger partial charge in [0.05, 0.1) is 23.0 Å². The van der Waals surface area contributed by atoms with Gasteiger partial charge in [-0.25, -0.2) is 22.3 Å². The standard InChI is InChI=1S/C23H22F5N3O4S/c24-15-10-19(31(11-15)22(33)13-2-1-3-16(8-13)36(29,34)35)21(32)30-20(12-4-5-12)17-7-6-14(9-18(17)25)23(26,27)28/h1-3,6-9,12,15,19-20H,4-5,10-11H2,(H,30,32)(H2,29,34,35)/t15-,19+,20?/m0/s1. The smallest absolute Gasteiger partial charge is 0.347 e. The Balaban J connectivity index is 1.57. The van der Waals surface area contributed by atoms with Crippen LogP contribution in [0.25, 0.3) is 0 Å². The van der Waals surface area contributed by atoms with E-state index in [4.69, 9.17) is 5.14 Å². The second-order valence-corrected chi connectivity index (χ2v) is 10.5. The number of benzene rings is 2. The number of hydrogen-bond donors (Lipinski definition) is 2. The van der Waals surface area contributed by atoms with Crippen molar-refractivity contribution < 1.29 is 40.0 Å². The van der Waals surface area contributed by atoms with Gasteiger partial charge in [-0.3, -0.25) is 9.59 Å². The largest absolute Gasteiger partial charge is 0.416 e. The number of nitrogens with two attached hydrogens (primary N) is 1. The van der Waals surface area contributed by atoms with Crippen LogP contribution in [0.5, 0.6) is 0 Å². The zero-order valence-electron chi connectivity index (χ0n) is 18.6. The third-order valence-electron chi connectivity index (χ3n) is 6.28. The van der Waals surface area contributed by atoms with Crippen LogP contribution in [0.15, 0.2) is 47.4 Å². The van der Waals surface area contributed by atoms with E-state index in [1.54, 1.807) is 0 Å². The number of carbonyl (C=O) groups is 2. The molecule has 3 atom stereocenters. The molecule has 2 amide bonds. The fourth-order valence-corrected chi connectivity index (χ4v) is 4.87. The van der Waals surface area contributed by atoms with E-state index in [1.807, 2.05) is 0 Å². The molecule has 2 fully saturated rings. The molecule has 3 N–H and O–H groups in total. The van der Waals surface area contributed by atoms with Crippen molar-refractivity contribution in [1.82, 2.24) is 10.2 Å². The minimum absolute atomic E-state index is 0.124. The summed E-state index contributed by atoms with van der Waals surface area (Å²) in [6.45, 7) is -0.431. The van der Waals surface area contributed by atoms with Crippen LogP contribution in [-0.4, -0.2) is 43.9 Å². The number of rotatable bonds is 6. The lowest BCUT2D eigenvalue weighted by atomic mass is 9.99. The number of halogens is 5. The normalized spacial score (nSPS) is 21.3. The first-order valence-corrected chi connectivity index (χ1v) is 12.5. The summed E-state index contributed by atoms with van der Waals surface area (Å²) in [5, 5.41) is 7.69. The molecule has 36 heavy (non-hydrogen) atoms. The second kappa shape index (κ2) is 9.43. The van der Waals surface area contributed by atoms with E-state index in [9.17, 15) is 40.0 Å². The summed E-state index contributed by atoms with van der Waals surface area (Å²) in [4.78, 5) is 26.8.